The average molecular weight is 375 g/mol. The molecule has 1 aromatic heterocycles. The molecule has 3 rings (SSSR count). The van der Waals surface area contributed by atoms with Crippen LogP contribution in [0.4, 0.5) is 17.1 Å². The Morgan fingerprint density at radius 1 is 1.00 bits per heavy atom. The topological polar surface area (TPSA) is 32.3 Å². The van der Waals surface area contributed by atoms with Gasteiger partial charge in [-0.3, -0.25) is 4.79 Å². The van der Waals surface area contributed by atoms with E-state index < -0.39 is 0 Å². The van der Waals surface area contributed by atoms with E-state index >= 15 is 0 Å². The molecule has 0 unspecified atom stereocenters. The summed E-state index contributed by atoms with van der Waals surface area (Å²) in [6.07, 6.45) is 0. The Labute approximate surface area is 164 Å². The minimum atomic E-state index is -0.170. The standard InChI is InChI=1S/C23H22N2OS/c1-3-25(4-2)20-13-11-19(12-14-20)24-21-16-17-27-23(21)22(26)15-10-18-8-6-5-7-9-18/h5-9,11-14,16-17,24H,3-4H2,1-2H3. The number of thiophene rings is 1. The number of ketones is 1. The van der Waals surface area contributed by atoms with Crippen molar-refractivity contribution in [3.8, 4) is 11.8 Å². The summed E-state index contributed by atoms with van der Waals surface area (Å²) in [5.74, 6) is 5.50. The second-order valence-electron chi connectivity index (χ2n) is 5.95. The monoisotopic (exact) mass is 374 g/mol. The Hall–Kier alpha value is -3.03. The lowest BCUT2D eigenvalue weighted by atomic mass is 10.2. The van der Waals surface area contributed by atoms with Crippen molar-refractivity contribution in [2.24, 2.45) is 0 Å². The summed E-state index contributed by atoms with van der Waals surface area (Å²) in [6.45, 7) is 6.25. The van der Waals surface area contributed by atoms with Crippen molar-refractivity contribution in [2.75, 3.05) is 23.3 Å². The first-order chi connectivity index (χ1) is 13.2. The van der Waals surface area contributed by atoms with Crippen LogP contribution in [-0.4, -0.2) is 18.9 Å². The van der Waals surface area contributed by atoms with E-state index in [-0.39, 0.29) is 5.78 Å². The summed E-state index contributed by atoms with van der Waals surface area (Å²) in [7, 11) is 0. The van der Waals surface area contributed by atoms with Gasteiger partial charge in [-0.1, -0.05) is 24.1 Å². The number of anilines is 3. The molecule has 3 nitrogen and oxygen atoms in total. The highest BCUT2D eigenvalue weighted by Gasteiger charge is 2.11. The van der Waals surface area contributed by atoms with Crippen LogP contribution in [0.5, 0.6) is 0 Å². The van der Waals surface area contributed by atoms with Crippen LogP contribution in [0, 0.1) is 11.8 Å². The number of nitrogens with zero attached hydrogens (tertiary/aromatic N) is 1. The van der Waals surface area contributed by atoms with E-state index in [9.17, 15) is 4.79 Å². The number of rotatable bonds is 6. The van der Waals surface area contributed by atoms with Gasteiger partial charge in [0.05, 0.1) is 5.69 Å². The van der Waals surface area contributed by atoms with Gasteiger partial charge in [-0.2, -0.15) is 0 Å². The van der Waals surface area contributed by atoms with E-state index in [4.69, 9.17) is 0 Å². The Balaban J connectivity index is 1.74. The quantitative estimate of drug-likeness (QED) is 0.452. The van der Waals surface area contributed by atoms with Crippen molar-refractivity contribution >= 4 is 34.2 Å². The SMILES string of the molecule is CCN(CC)c1ccc(Nc2ccsc2C(=O)C#Cc2ccccc2)cc1. The lowest BCUT2D eigenvalue weighted by molar-refractivity contribution is 0.106. The number of carbonyl (C=O) groups excluding carboxylic acids is 1. The molecule has 27 heavy (non-hydrogen) atoms. The molecule has 136 valence electrons. The van der Waals surface area contributed by atoms with E-state index in [1.165, 1.54) is 17.0 Å². The van der Waals surface area contributed by atoms with Crippen molar-refractivity contribution in [1.82, 2.24) is 0 Å². The predicted molar refractivity (Wildman–Crippen MR) is 115 cm³/mol. The summed E-state index contributed by atoms with van der Waals surface area (Å²) in [6, 6.07) is 19.7. The molecule has 0 spiro atoms. The van der Waals surface area contributed by atoms with Crippen molar-refractivity contribution in [1.29, 1.82) is 0 Å². The molecular weight excluding hydrogens is 352 g/mol. The summed E-state index contributed by atoms with van der Waals surface area (Å²) in [5, 5.41) is 5.24. The first-order valence-corrected chi connectivity index (χ1v) is 9.90. The molecule has 4 heteroatoms. The van der Waals surface area contributed by atoms with Gasteiger partial charge in [-0.25, -0.2) is 0 Å². The molecule has 0 fully saturated rings. The van der Waals surface area contributed by atoms with Crippen molar-refractivity contribution in [3.05, 3.63) is 76.5 Å². The third-order valence-corrected chi connectivity index (χ3v) is 5.15. The maximum absolute atomic E-state index is 12.5. The van der Waals surface area contributed by atoms with Crippen LogP contribution in [0.1, 0.15) is 29.1 Å². The van der Waals surface area contributed by atoms with Crippen LogP contribution in [0.2, 0.25) is 0 Å². The average Bonchev–Trinajstić information content (AvgIpc) is 3.17. The Bertz CT molecular complexity index is 945. The van der Waals surface area contributed by atoms with Gasteiger partial charge < -0.3 is 10.2 Å². The van der Waals surface area contributed by atoms with Gasteiger partial charge >= 0.3 is 0 Å². The van der Waals surface area contributed by atoms with E-state index in [2.05, 4.69) is 48.0 Å². The fraction of sp³-hybridized carbons (Fsp3) is 0.174. The maximum atomic E-state index is 12.5. The second kappa shape index (κ2) is 9.07. The van der Waals surface area contributed by atoms with Crippen LogP contribution < -0.4 is 10.2 Å². The molecule has 1 heterocycles. The number of hydrogen-bond acceptors (Lipinski definition) is 4. The highest BCUT2D eigenvalue weighted by molar-refractivity contribution is 7.13. The normalized spacial score (nSPS) is 10.0. The number of nitrogens with one attached hydrogen (secondary N) is 1. The van der Waals surface area contributed by atoms with Crippen molar-refractivity contribution in [2.45, 2.75) is 13.8 Å². The molecule has 0 atom stereocenters. The van der Waals surface area contributed by atoms with Crippen LogP contribution in [-0.2, 0) is 0 Å². The lowest BCUT2D eigenvalue weighted by Gasteiger charge is -2.21. The van der Waals surface area contributed by atoms with Gasteiger partial charge in [0.1, 0.15) is 4.88 Å². The van der Waals surface area contributed by atoms with E-state index in [0.29, 0.717) is 4.88 Å². The Morgan fingerprint density at radius 2 is 1.70 bits per heavy atom. The molecule has 0 saturated carbocycles. The van der Waals surface area contributed by atoms with E-state index in [0.717, 1.165) is 30.0 Å². The second-order valence-corrected chi connectivity index (χ2v) is 6.87. The smallest absolute Gasteiger partial charge is 0.248 e. The maximum Gasteiger partial charge on any atom is 0.248 e. The van der Waals surface area contributed by atoms with Gasteiger partial charge in [0, 0.05) is 30.0 Å². The molecule has 0 saturated heterocycles. The van der Waals surface area contributed by atoms with Crippen molar-refractivity contribution < 1.29 is 4.79 Å². The van der Waals surface area contributed by atoms with Crippen LogP contribution >= 0.6 is 11.3 Å². The largest absolute Gasteiger partial charge is 0.372 e. The predicted octanol–water partition coefficient (Wildman–Crippen LogP) is 5.57. The first-order valence-electron chi connectivity index (χ1n) is 9.02. The van der Waals surface area contributed by atoms with Gasteiger partial charge in [0.2, 0.25) is 5.78 Å². The van der Waals surface area contributed by atoms with Gasteiger partial charge in [-0.05, 0) is 67.6 Å². The summed E-state index contributed by atoms with van der Waals surface area (Å²) in [5.41, 5.74) is 3.78. The number of carbonyl (C=O) groups is 1. The van der Waals surface area contributed by atoms with Crippen LogP contribution in [0.25, 0.3) is 0 Å². The lowest BCUT2D eigenvalue weighted by Crippen LogP contribution is -2.21. The molecule has 0 aliphatic heterocycles. The zero-order chi connectivity index (χ0) is 19.1. The molecule has 0 amide bonds. The molecule has 1 N–H and O–H groups in total. The van der Waals surface area contributed by atoms with Gasteiger partial charge in [-0.15, -0.1) is 11.3 Å². The fourth-order valence-electron chi connectivity index (χ4n) is 2.79. The first kappa shape index (κ1) is 18.8. The molecular formula is C23H22N2OS. The van der Waals surface area contributed by atoms with Crippen LogP contribution in [0.3, 0.4) is 0 Å². The van der Waals surface area contributed by atoms with E-state index in [1.54, 1.807) is 0 Å². The summed E-state index contributed by atoms with van der Waals surface area (Å²) in [4.78, 5) is 15.4. The molecule has 3 aromatic rings. The summed E-state index contributed by atoms with van der Waals surface area (Å²) < 4.78 is 0. The third-order valence-electron chi connectivity index (χ3n) is 4.24. The molecule has 0 aliphatic rings. The fourth-order valence-corrected chi connectivity index (χ4v) is 3.53. The van der Waals surface area contributed by atoms with Gasteiger partial charge in [0.25, 0.3) is 0 Å². The molecule has 0 aliphatic carbocycles. The minimum absolute atomic E-state index is 0.170. The minimum Gasteiger partial charge on any atom is -0.372 e. The number of hydrogen-bond donors (Lipinski definition) is 1. The van der Waals surface area contributed by atoms with Crippen molar-refractivity contribution in [3.63, 3.8) is 0 Å². The zero-order valence-corrected chi connectivity index (χ0v) is 16.3. The van der Waals surface area contributed by atoms with Gasteiger partial charge in [0.15, 0.2) is 0 Å². The van der Waals surface area contributed by atoms with Crippen LogP contribution in [0.15, 0.2) is 66.0 Å². The highest BCUT2D eigenvalue weighted by atomic mass is 32.1. The zero-order valence-electron chi connectivity index (χ0n) is 15.5. The Morgan fingerprint density at radius 3 is 2.37 bits per heavy atom. The molecule has 2 aromatic carbocycles. The third kappa shape index (κ3) is 4.78. The van der Waals surface area contributed by atoms with E-state index in [1.807, 2.05) is 53.9 Å². The Kier molecular flexibility index (Phi) is 6.30. The number of benzene rings is 2. The number of Topliss-reactive ketones (excluding diaryl/α,β-unsaturated/α-hetero) is 1. The molecule has 0 bridgehead atoms. The molecule has 0 radical (unpaired) electrons. The highest BCUT2D eigenvalue weighted by Crippen LogP contribution is 2.27. The summed E-state index contributed by atoms with van der Waals surface area (Å²) >= 11 is 1.40.